The van der Waals surface area contributed by atoms with E-state index in [9.17, 15) is 0 Å². The number of anilines is 2. The normalized spacial score (nSPS) is 14.1. The maximum Gasteiger partial charge on any atom is 0.140 e. The van der Waals surface area contributed by atoms with Gasteiger partial charge in [0.2, 0.25) is 0 Å². The Morgan fingerprint density at radius 2 is 1.53 bits per heavy atom. The van der Waals surface area contributed by atoms with Gasteiger partial charge in [-0.15, -0.1) is 0 Å². The summed E-state index contributed by atoms with van der Waals surface area (Å²) in [6.45, 7) is 4.56. The third-order valence-electron chi connectivity index (χ3n) is 6.32. The van der Waals surface area contributed by atoms with Crippen LogP contribution in [0.1, 0.15) is 25.0 Å². The largest absolute Gasteiger partial charge is 0.456 e. The first-order chi connectivity index (χ1) is 14.6. The van der Waals surface area contributed by atoms with E-state index in [0.717, 1.165) is 27.9 Å². The quantitative estimate of drug-likeness (QED) is 0.317. The molecular weight excluding hydrogens is 390 g/mol. The van der Waals surface area contributed by atoms with Crippen molar-refractivity contribution in [1.29, 1.82) is 0 Å². The molecule has 2 nitrogen and oxygen atoms in total. The van der Waals surface area contributed by atoms with E-state index in [2.05, 4.69) is 61.6 Å². The predicted octanol–water partition coefficient (Wildman–Crippen LogP) is 8.29. The van der Waals surface area contributed by atoms with Crippen LogP contribution in [0.3, 0.4) is 0 Å². The lowest BCUT2D eigenvalue weighted by molar-refractivity contribution is 0.620. The highest BCUT2D eigenvalue weighted by Crippen LogP contribution is 2.55. The Labute approximate surface area is 180 Å². The minimum Gasteiger partial charge on any atom is -0.456 e. The van der Waals surface area contributed by atoms with Crippen LogP contribution in [0.4, 0.5) is 11.4 Å². The highest BCUT2D eigenvalue weighted by Gasteiger charge is 2.39. The van der Waals surface area contributed by atoms with Crippen LogP contribution in [0.15, 0.2) is 83.3 Å². The molecule has 0 atom stereocenters. The Morgan fingerprint density at radius 3 is 2.40 bits per heavy atom. The number of para-hydroxylation sites is 2. The van der Waals surface area contributed by atoms with Crippen LogP contribution in [0.2, 0.25) is 5.02 Å². The maximum atomic E-state index is 6.43. The van der Waals surface area contributed by atoms with Gasteiger partial charge >= 0.3 is 0 Å². The van der Waals surface area contributed by atoms with E-state index < -0.39 is 0 Å². The van der Waals surface area contributed by atoms with Gasteiger partial charge in [-0.3, -0.25) is 0 Å². The van der Waals surface area contributed by atoms with Gasteiger partial charge in [-0.05, 0) is 41.5 Å². The third-order valence-corrected chi connectivity index (χ3v) is 6.65. The number of benzene rings is 4. The van der Waals surface area contributed by atoms with Gasteiger partial charge in [0.25, 0.3) is 0 Å². The van der Waals surface area contributed by atoms with Gasteiger partial charge in [-0.2, -0.15) is 0 Å². The smallest absolute Gasteiger partial charge is 0.140 e. The van der Waals surface area contributed by atoms with Gasteiger partial charge in [0, 0.05) is 33.0 Å². The lowest BCUT2D eigenvalue weighted by Gasteiger charge is -2.22. The summed E-state index contributed by atoms with van der Waals surface area (Å²) in [4.78, 5) is 0. The molecule has 0 saturated heterocycles. The fourth-order valence-corrected chi connectivity index (χ4v) is 5.11. The molecule has 3 heteroatoms. The Morgan fingerprint density at radius 1 is 0.767 bits per heavy atom. The van der Waals surface area contributed by atoms with E-state index in [4.69, 9.17) is 16.0 Å². The van der Waals surface area contributed by atoms with Crippen molar-refractivity contribution < 1.29 is 4.42 Å². The Hall–Kier alpha value is -3.23. The standard InChI is InChI=1S/C27H20ClNO/c1-27(2)19-9-7-12-22(29-21-11-5-4-10-20(21)28)24(19)18-15-14-17-16-8-3-6-13-23(16)30-26(17)25(18)27/h3-15,29H,1-2H3. The van der Waals surface area contributed by atoms with Gasteiger partial charge in [0.15, 0.2) is 0 Å². The Kier molecular flexibility index (Phi) is 3.60. The van der Waals surface area contributed by atoms with Gasteiger partial charge in [0.1, 0.15) is 11.2 Å². The van der Waals surface area contributed by atoms with Gasteiger partial charge < -0.3 is 9.73 Å². The molecule has 1 aromatic heterocycles. The van der Waals surface area contributed by atoms with E-state index in [1.54, 1.807) is 0 Å². The first kappa shape index (κ1) is 17.6. The van der Waals surface area contributed by atoms with Crippen molar-refractivity contribution in [2.45, 2.75) is 19.3 Å². The summed E-state index contributed by atoms with van der Waals surface area (Å²) >= 11 is 6.43. The monoisotopic (exact) mass is 409 g/mol. The summed E-state index contributed by atoms with van der Waals surface area (Å²) in [6, 6.07) is 27.0. The van der Waals surface area contributed by atoms with E-state index in [-0.39, 0.29) is 5.41 Å². The van der Waals surface area contributed by atoms with Crippen molar-refractivity contribution in [1.82, 2.24) is 0 Å². The van der Waals surface area contributed by atoms with Crippen molar-refractivity contribution in [3.05, 3.63) is 95.0 Å². The molecule has 5 aromatic rings. The van der Waals surface area contributed by atoms with Crippen molar-refractivity contribution in [2.24, 2.45) is 0 Å². The molecule has 1 heterocycles. The van der Waals surface area contributed by atoms with E-state index in [1.807, 2.05) is 36.4 Å². The first-order valence-electron chi connectivity index (χ1n) is 10.2. The number of nitrogens with one attached hydrogen (secondary N) is 1. The maximum absolute atomic E-state index is 6.43. The minimum atomic E-state index is -0.170. The van der Waals surface area contributed by atoms with E-state index in [0.29, 0.717) is 5.02 Å². The van der Waals surface area contributed by atoms with Gasteiger partial charge in [0.05, 0.1) is 10.7 Å². The van der Waals surface area contributed by atoms with Crippen molar-refractivity contribution >= 4 is 44.9 Å². The van der Waals surface area contributed by atoms with E-state index >= 15 is 0 Å². The fourth-order valence-electron chi connectivity index (χ4n) is 4.93. The lowest BCUT2D eigenvalue weighted by atomic mass is 9.81. The van der Waals surface area contributed by atoms with Crippen LogP contribution in [0.5, 0.6) is 0 Å². The van der Waals surface area contributed by atoms with E-state index in [1.165, 1.54) is 27.6 Å². The van der Waals surface area contributed by atoms with Gasteiger partial charge in [-0.1, -0.05) is 74.0 Å². The first-order valence-corrected chi connectivity index (χ1v) is 10.5. The second-order valence-electron chi connectivity index (χ2n) is 8.42. The van der Waals surface area contributed by atoms with Crippen LogP contribution in [-0.2, 0) is 5.41 Å². The molecule has 0 aliphatic heterocycles. The topological polar surface area (TPSA) is 25.2 Å². The Balaban J connectivity index is 1.63. The number of fused-ring (bicyclic) bond motifs is 7. The minimum absolute atomic E-state index is 0.170. The summed E-state index contributed by atoms with van der Waals surface area (Å²) < 4.78 is 6.40. The van der Waals surface area contributed by atoms with Crippen molar-refractivity contribution in [2.75, 3.05) is 5.32 Å². The molecule has 1 N–H and O–H groups in total. The molecule has 0 bridgehead atoms. The highest BCUT2D eigenvalue weighted by molar-refractivity contribution is 6.33. The molecule has 1 aliphatic carbocycles. The van der Waals surface area contributed by atoms with Crippen LogP contribution >= 0.6 is 11.6 Å². The summed E-state index contributed by atoms with van der Waals surface area (Å²) in [5.41, 5.74) is 8.70. The SMILES string of the molecule is CC1(C)c2cccc(Nc3ccccc3Cl)c2-c2ccc3c(oc4ccccc43)c21. The summed E-state index contributed by atoms with van der Waals surface area (Å²) in [5.74, 6) is 0. The highest BCUT2D eigenvalue weighted by atomic mass is 35.5. The number of furan rings is 1. The summed E-state index contributed by atoms with van der Waals surface area (Å²) in [7, 11) is 0. The zero-order valence-corrected chi connectivity index (χ0v) is 17.5. The average molecular weight is 410 g/mol. The molecule has 146 valence electrons. The number of hydrogen-bond acceptors (Lipinski definition) is 2. The third kappa shape index (κ3) is 2.31. The van der Waals surface area contributed by atoms with Crippen LogP contribution in [-0.4, -0.2) is 0 Å². The van der Waals surface area contributed by atoms with Crippen molar-refractivity contribution in [3.8, 4) is 11.1 Å². The second kappa shape index (κ2) is 6.13. The van der Waals surface area contributed by atoms with Crippen LogP contribution in [0, 0.1) is 0 Å². The molecule has 4 aromatic carbocycles. The molecule has 0 spiro atoms. The predicted molar refractivity (Wildman–Crippen MR) is 126 cm³/mol. The number of rotatable bonds is 2. The molecule has 0 amide bonds. The molecular formula is C27H20ClNO. The van der Waals surface area contributed by atoms with Crippen LogP contribution in [0.25, 0.3) is 33.1 Å². The molecule has 30 heavy (non-hydrogen) atoms. The van der Waals surface area contributed by atoms with Crippen molar-refractivity contribution in [3.63, 3.8) is 0 Å². The molecule has 6 rings (SSSR count). The van der Waals surface area contributed by atoms with Gasteiger partial charge in [-0.25, -0.2) is 0 Å². The zero-order valence-electron chi connectivity index (χ0n) is 16.8. The number of halogens is 1. The molecule has 0 radical (unpaired) electrons. The average Bonchev–Trinajstić information content (AvgIpc) is 3.23. The summed E-state index contributed by atoms with van der Waals surface area (Å²) in [5, 5.41) is 6.61. The summed E-state index contributed by atoms with van der Waals surface area (Å²) in [6.07, 6.45) is 0. The fraction of sp³-hybridized carbons (Fsp3) is 0.111. The van der Waals surface area contributed by atoms with Crippen LogP contribution < -0.4 is 5.32 Å². The molecule has 0 saturated carbocycles. The Bertz CT molecular complexity index is 1460. The zero-order chi connectivity index (χ0) is 20.5. The lowest BCUT2D eigenvalue weighted by Crippen LogP contribution is -2.15. The molecule has 0 fully saturated rings. The number of hydrogen-bond donors (Lipinski definition) is 1. The molecule has 0 unspecified atom stereocenters. The second-order valence-corrected chi connectivity index (χ2v) is 8.83. The molecule has 1 aliphatic rings.